The summed E-state index contributed by atoms with van der Waals surface area (Å²) in [6.07, 6.45) is 2.60. The minimum atomic E-state index is -0.0719. The molecule has 0 radical (unpaired) electrons. The van der Waals surface area contributed by atoms with E-state index in [9.17, 15) is 4.79 Å². The van der Waals surface area contributed by atoms with Gasteiger partial charge in [-0.05, 0) is 49.3 Å². The van der Waals surface area contributed by atoms with Gasteiger partial charge >= 0.3 is 0 Å². The number of amides is 1. The molecule has 0 aromatic heterocycles. The number of rotatable bonds is 1. The van der Waals surface area contributed by atoms with Crippen molar-refractivity contribution in [2.45, 2.75) is 38.5 Å². The maximum absolute atomic E-state index is 11.7. The molecule has 2 nitrogen and oxygen atoms in total. The molecule has 16 heavy (non-hydrogen) atoms. The number of hydrogen-bond donors (Lipinski definition) is 0. The second-order valence-corrected chi connectivity index (χ2v) is 4.88. The lowest BCUT2D eigenvalue weighted by atomic mass is 9.88. The zero-order valence-corrected chi connectivity index (χ0v) is 9.66. The van der Waals surface area contributed by atoms with Gasteiger partial charge in [-0.25, -0.2) is 4.99 Å². The third-order valence-electron chi connectivity index (χ3n) is 3.63. The van der Waals surface area contributed by atoms with Crippen molar-refractivity contribution >= 4 is 11.6 Å². The highest BCUT2D eigenvalue weighted by Gasteiger charge is 2.28. The van der Waals surface area contributed by atoms with Crippen molar-refractivity contribution in [1.82, 2.24) is 0 Å². The van der Waals surface area contributed by atoms with Gasteiger partial charge in [0.05, 0.1) is 5.92 Å². The van der Waals surface area contributed by atoms with Crippen LogP contribution in [0.15, 0.2) is 23.2 Å². The van der Waals surface area contributed by atoms with Crippen LogP contribution in [-0.4, -0.2) is 11.6 Å². The van der Waals surface area contributed by atoms with Gasteiger partial charge < -0.3 is 0 Å². The Kier molecular flexibility index (Phi) is 2.00. The lowest BCUT2D eigenvalue weighted by molar-refractivity contribution is -0.118. The average Bonchev–Trinajstić information content (AvgIpc) is 3.09. The predicted molar refractivity (Wildman–Crippen MR) is 64.1 cm³/mol. The summed E-state index contributed by atoms with van der Waals surface area (Å²) in [5.74, 6) is 0.669. The highest BCUT2D eigenvalue weighted by molar-refractivity contribution is 6.11. The van der Waals surface area contributed by atoms with Gasteiger partial charge in [-0.2, -0.15) is 0 Å². The van der Waals surface area contributed by atoms with Gasteiger partial charge in [0.1, 0.15) is 0 Å². The lowest BCUT2D eigenvalue weighted by Gasteiger charge is -2.20. The third-order valence-corrected chi connectivity index (χ3v) is 3.63. The quantitative estimate of drug-likeness (QED) is 0.705. The molecule has 0 bridgehead atoms. The minimum absolute atomic E-state index is 0.00190. The van der Waals surface area contributed by atoms with Crippen molar-refractivity contribution in [3.63, 3.8) is 0 Å². The topological polar surface area (TPSA) is 29.4 Å². The van der Waals surface area contributed by atoms with Crippen LogP contribution in [0.5, 0.6) is 0 Å². The van der Waals surface area contributed by atoms with Crippen molar-refractivity contribution in [2.24, 2.45) is 4.99 Å². The van der Waals surface area contributed by atoms with Crippen molar-refractivity contribution < 1.29 is 4.79 Å². The summed E-state index contributed by atoms with van der Waals surface area (Å²) in [7, 11) is 0. The van der Waals surface area contributed by atoms with E-state index in [1.54, 1.807) is 0 Å². The van der Waals surface area contributed by atoms with Gasteiger partial charge in [0.2, 0.25) is 0 Å². The molecule has 0 saturated heterocycles. The summed E-state index contributed by atoms with van der Waals surface area (Å²) in [5, 5.41) is 0. The van der Waals surface area contributed by atoms with Gasteiger partial charge in [-0.15, -0.1) is 0 Å². The maximum Gasteiger partial charge on any atom is 0.253 e. The van der Waals surface area contributed by atoms with Crippen LogP contribution < -0.4 is 0 Å². The molecule has 0 spiro atoms. The van der Waals surface area contributed by atoms with Gasteiger partial charge in [0.25, 0.3) is 5.91 Å². The molecule has 2 heteroatoms. The molecule has 1 aromatic rings. The molecule has 1 aliphatic heterocycles. The smallest absolute Gasteiger partial charge is 0.253 e. The summed E-state index contributed by atoms with van der Waals surface area (Å²) in [5.41, 5.74) is 4.58. The standard InChI is InChI=1S/C14H15NO/c1-8-13-7-11(10-3-4-10)5-6-12(13)9(2)15-14(8)16/h5-8,10H,3-4H2,1-2H3. The first-order valence-electron chi connectivity index (χ1n) is 5.90. The van der Waals surface area contributed by atoms with Crippen LogP contribution in [0.1, 0.15) is 55.2 Å². The first kappa shape index (κ1) is 9.76. The van der Waals surface area contributed by atoms with Crippen molar-refractivity contribution in [3.05, 3.63) is 34.9 Å². The van der Waals surface area contributed by atoms with Gasteiger partial charge in [-0.1, -0.05) is 18.2 Å². The van der Waals surface area contributed by atoms with E-state index in [1.807, 2.05) is 13.8 Å². The average molecular weight is 213 g/mol. The number of carbonyl (C=O) groups excluding carboxylic acids is 1. The molecular weight excluding hydrogens is 198 g/mol. The molecule has 1 fully saturated rings. The van der Waals surface area contributed by atoms with Crippen LogP contribution in [0.3, 0.4) is 0 Å². The Bertz CT molecular complexity index is 497. The first-order chi connectivity index (χ1) is 7.66. The summed E-state index contributed by atoms with van der Waals surface area (Å²) in [6, 6.07) is 6.54. The van der Waals surface area contributed by atoms with Crippen LogP contribution in [0.4, 0.5) is 0 Å². The van der Waals surface area contributed by atoms with Gasteiger partial charge in [-0.3, -0.25) is 4.79 Å². The summed E-state index contributed by atoms with van der Waals surface area (Å²) < 4.78 is 0. The summed E-state index contributed by atoms with van der Waals surface area (Å²) in [4.78, 5) is 15.7. The Morgan fingerprint density at radius 1 is 1.31 bits per heavy atom. The molecule has 1 unspecified atom stereocenters. The zero-order chi connectivity index (χ0) is 11.3. The number of nitrogens with zero attached hydrogens (tertiary/aromatic N) is 1. The molecule has 2 aliphatic rings. The number of hydrogen-bond acceptors (Lipinski definition) is 1. The lowest BCUT2D eigenvalue weighted by Crippen LogP contribution is -2.18. The van der Waals surface area contributed by atoms with Crippen molar-refractivity contribution in [2.75, 3.05) is 0 Å². The predicted octanol–water partition coefficient (Wildman–Crippen LogP) is 3.02. The van der Waals surface area contributed by atoms with Crippen LogP contribution in [0.2, 0.25) is 0 Å². The van der Waals surface area contributed by atoms with E-state index in [-0.39, 0.29) is 11.8 Å². The molecule has 1 aliphatic carbocycles. The summed E-state index contributed by atoms with van der Waals surface area (Å²) >= 11 is 0. The highest BCUT2D eigenvalue weighted by atomic mass is 16.1. The van der Waals surface area contributed by atoms with E-state index in [2.05, 4.69) is 23.2 Å². The number of aliphatic imine (C=N–C) groups is 1. The first-order valence-corrected chi connectivity index (χ1v) is 5.90. The maximum atomic E-state index is 11.7. The SMILES string of the molecule is CC1=NC(=O)C(C)c2cc(C3CC3)ccc21. The molecule has 0 N–H and O–H groups in total. The Morgan fingerprint density at radius 2 is 2.06 bits per heavy atom. The fraction of sp³-hybridized carbons (Fsp3) is 0.429. The number of carbonyl (C=O) groups is 1. The number of fused-ring (bicyclic) bond motifs is 1. The molecule has 1 aromatic carbocycles. The second kappa shape index (κ2) is 3.27. The number of benzene rings is 1. The molecule has 82 valence electrons. The van der Waals surface area contributed by atoms with E-state index in [0.29, 0.717) is 0 Å². The van der Waals surface area contributed by atoms with E-state index < -0.39 is 0 Å². The van der Waals surface area contributed by atoms with Crippen molar-refractivity contribution in [1.29, 1.82) is 0 Å². The van der Waals surface area contributed by atoms with Gasteiger partial charge in [0, 0.05) is 5.71 Å². The largest absolute Gasteiger partial charge is 0.272 e. The second-order valence-electron chi connectivity index (χ2n) is 4.88. The van der Waals surface area contributed by atoms with Crippen molar-refractivity contribution in [3.8, 4) is 0 Å². The third kappa shape index (κ3) is 1.41. The molecular formula is C14H15NO. The molecule has 1 amide bonds. The zero-order valence-electron chi connectivity index (χ0n) is 9.66. The Morgan fingerprint density at radius 3 is 2.75 bits per heavy atom. The fourth-order valence-electron chi connectivity index (χ4n) is 2.39. The van der Waals surface area contributed by atoms with E-state index >= 15 is 0 Å². The van der Waals surface area contributed by atoms with Gasteiger partial charge in [0.15, 0.2) is 0 Å². The van der Waals surface area contributed by atoms with E-state index in [1.165, 1.54) is 24.0 Å². The molecule has 1 heterocycles. The highest BCUT2D eigenvalue weighted by Crippen LogP contribution is 2.41. The normalized spacial score (nSPS) is 24.0. The molecule has 1 saturated carbocycles. The Hall–Kier alpha value is -1.44. The Balaban J connectivity index is 2.13. The fourth-order valence-corrected chi connectivity index (χ4v) is 2.39. The van der Waals surface area contributed by atoms with Crippen LogP contribution in [0.25, 0.3) is 0 Å². The van der Waals surface area contributed by atoms with E-state index in [4.69, 9.17) is 0 Å². The van der Waals surface area contributed by atoms with E-state index in [0.717, 1.165) is 17.2 Å². The summed E-state index contributed by atoms with van der Waals surface area (Å²) in [6.45, 7) is 3.87. The van der Waals surface area contributed by atoms with Crippen LogP contribution in [0, 0.1) is 0 Å². The Labute approximate surface area is 95.4 Å². The van der Waals surface area contributed by atoms with Crippen LogP contribution >= 0.6 is 0 Å². The minimum Gasteiger partial charge on any atom is -0.272 e. The molecule has 1 atom stereocenters. The monoisotopic (exact) mass is 213 g/mol. The molecule has 3 rings (SSSR count). The van der Waals surface area contributed by atoms with Crippen LogP contribution in [-0.2, 0) is 4.79 Å².